The van der Waals surface area contributed by atoms with Gasteiger partial charge in [-0.25, -0.2) is 4.79 Å². The van der Waals surface area contributed by atoms with Crippen LogP contribution in [0.2, 0.25) is 0 Å². The maximum absolute atomic E-state index is 13.5. The van der Waals surface area contributed by atoms with E-state index in [1.165, 1.54) is 11.8 Å². The van der Waals surface area contributed by atoms with Crippen LogP contribution < -0.4 is 21.7 Å². The van der Waals surface area contributed by atoms with E-state index in [-0.39, 0.29) is 24.7 Å². The minimum absolute atomic E-state index is 0.0752. The average molecular weight is 562 g/mol. The summed E-state index contributed by atoms with van der Waals surface area (Å²) >= 11 is 1.48. The van der Waals surface area contributed by atoms with Crippen LogP contribution in [0.25, 0.3) is 10.9 Å². The number of para-hydroxylation sites is 1. The van der Waals surface area contributed by atoms with Gasteiger partial charge in [-0.15, -0.1) is 0 Å². The number of carbonyl (C=O) groups excluding carboxylic acids is 3. The molecule has 0 bridgehead atoms. The summed E-state index contributed by atoms with van der Waals surface area (Å²) < 4.78 is 0. The van der Waals surface area contributed by atoms with Gasteiger partial charge in [0.05, 0.1) is 6.04 Å². The van der Waals surface area contributed by atoms with Crippen LogP contribution in [0.4, 0.5) is 0 Å². The number of nitrogens with one attached hydrogen (secondary N) is 4. The minimum atomic E-state index is -1.14. The molecule has 11 heteroatoms. The van der Waals surface area contributed by atoms with Gasteiger partial charge in [0.1, 0.15) is 18.1 Å². The lowest BCUT2D eigenvalue weighted by molar-refractivity contribution is -0.142. The Bertz CT molecular complexity index is 1120. The maximum Gasteiger partial charge on any atom is 0.326 e. The van der Waals surface area contributed by atoms with Gasteiger partial charge in [-0.1, -0.05) is 45.9 Å². The van der Waals surface area contributed by atoms with E-state index in [1.54, 1.807) is 6.20 Å². The second kappa shape index (κ2) is 15.5. The summed E-state index contributed by atoms with van der Waals surface area (Å²) in [5.74, 6) is -1.86. The Morgan fingerprint density at radius 2 is 1.49 bits per heavy atom. The molecule has 1 aromatic heterocycles. The van der Waals surface area contributed by atoms with Crippen LogP contribution in [0.15, 0.2) is 30.5 Å². The van der Waals surface area contributed by atoms with E-state index >= 15 is 0 Å². The summed E-state index contributed by atoms with van der Waals surface area (Å²) in [4.78, 5) is 54.6. The van der Waals surface area contributed by atoms with Gasteiger partial charge in [0, 0.05) is 23.5 Å². The number of benzene rings is 1. The molecule has 0 fully saturated rings. The summed E-state index contributed by atoms with van der Waals surface area (Å²) in [7, 11) is 0. The average Bonchev–Trinajstić information content (AvgIpc) is 3.27. The highest BCUT2D eigenvalue weighted by atomic mass is 32.2. The lowest BCUT2D eigenvalue weighted by Crippen LogP contribution is -2.58. The first-order valence-electron chi connectivity index (χ1n) is 13.4. The summed E-state index contributed by atoms with van der Waals surface area (Å²) in [5, 5.41) is 18.7. The number of amides is 3. The van der Waals surface area contributed by atoms with Gasteiger partial charge >= 0.3 is 5.97 Å². The van der Waals surface area contributed by atoms with Crippen LogP contribution in [0, 0.1) is 11.8 Å². The molecular weight excluding hydrogens is 518 g/mol. The number of carbonyl (C=O) groups is 4. The van der Waals surface area contributed by atoms with Gasteiger partial charge in [0.25, 0.3) is 0 Å². The second-order valence-corrected chi connectivity index (χ2v) is 11.7. The Balaban J connectivity index is 2.30. The fourth-order valence-corrected chi connectivity index (χ4v) is 4.84. The molecule has 1 aromatic carbocycles. The Morgan fingerprint density at radius 3 is 2.10 bits per heavy atom. The Kier molecular flexibility index (Phi) is 12.8. The predicted octanol–water partition coefficient (Wildman–Crippen LogP) is 2.42. The molecule has 0 spiro atoms. The zero-order valence-electron chi connectivity index (χ0n) is 23.5. The maximum atomic E-state index is 13.5. The predicted molar refractivity (Wildman–Crippen MR) is 155 cm³/mol. The Labute approximate surface area is 234 Å². The third-order valence-electron chi connectivity index (χ3n) is 6.36. The molecule has 0 aliphatic rings. The molecule has 1 heterocycles. The van der Waals surface area contributed by atoms with Crippen LogP contribution in [-0.2, 0) is 25.6 Å². The number of fused-ring (bicyclic) bond motifs is 1. The van der Waals surface area contributed by atoms with E-state index in [0.29, 0.717) is 18.6 Å². The fraction of sp³-hybridized carbons (Fsp3) is 0.571. The number of carboxylic acids is 1. The molecule has 0 saturated carbocycles. The number of hydrogen-bond acceptors (Lipinski definition) is 6. The van der Waals surface area contributed by atoms with Crippen molar-refractivity contribution in [1.29, 1.82) is 0 Å². The number of H-pyrrole nitrogens is 1. The topological polar surface area (TPSA) is 166 Å². The quantitative estimate of drug-likeness (QED) is 0.183. The highest BCUT2D eigenvalue weighted by molar-refractivity contribution is 7.98. The normalized spacial score (nSPS) is 14.6. The molecular formula is C28H43N5O5S. The van der Waals surface area contributed by atoms with Crippen molar-refractivity contribution < 1.29 is 24.3 Å². The van der Waals surface area contributed by atoms with Crippen molar-refractivity contribution in [3.8, 4) is 0 Å². The van der Waals surface area contributed by atoms with Gasteiger partial charge in [-0.2, -0.15) is 11.8 Å². The van der Waals surface area contributed by atoms with Gasteiger partial charge in [-0.05, 0) is 54.7 Å². The number of aliphatic carboxylic acids is 1. The molecule has 0 saturated heterocycles. The summed E-state index contributed by atoms with van der Waals surface area (Å²) in [6.07, 6.45) is 4.83. The van der Waals surface area contributed by atoms with E-state index in [9.17, 15) is 24.3 Å². The fourth-order valence-electron chi connectivity index (χ4n) is 4.36. The van der Waals surface area contributed by atoms with E-state index in [2.05, 4.69) is 20.9 Å². The Morgan fingerprint density at radius 1 is 0.897 bits per heavy atom. The van der Waals surface area contributed by atoms with Crippen LogP contribution in [0.1, 0.15) is 52.5 Å². The van der Waals surface area contributed by atoms with Gasteiger partial charge in [-0.3, -0.25) is 14.4 Å². The zero-order valence-corrected chi connectivity index (χ0v) is 24.3. The standard InChI is InChI=1S/C28H43N5O5S/c1-16(2)12-20(29)25(34)32-23(13-17(3)4)26(35)33-24(27(36)31-22(28(37)38)10-11-39-5)14-18-15-30-21-9-7-6-8-19(18)21/h6-9,15-17,20,22-24,30H,10-14,29H2,1-5H3,(H,31,36)(H,32,34)(H,33,35)(H,37,38). The summed E-state index contributed by atoms with van der Waals surface area (Å²) in [6, 6.07) is 3.77. The van der Waals surface area contributed by atoms with Crippen molar-refractivity contribution in [3.05, 3.63) is 36.0 Å². The van der Waals surface area contributed by atoms with Crippen molar-refractivity contribution in [2.75, 3.05) is 12.0 Å². The molecule has 39 heavy (non-hydrogen) atoms. The lowest BCUT2D eigenvalue weighted by atomic mass is 9.99. The van der Waals surface area contributed by atoms with Crippen LogP contribution in [0.3, 0.4) is 0 Å². The zero-order chi connectivity index (χ0) is 29.1. The van der Waals surface area contributed by atoms with E-state index in [4.69, 9.17) is 5.73 Å². The van der Waals surface area contributed by atoms with Gasteiger partial charge in [0.15, 0.2) is 0 Å². The Hall–Kier alpha value is -3.05. The molecule has 4 unspecified atom stereocenters. The molecule has 10 nitrogen and oxygen atoms in total. The van der Waals surface area contributed by atoms with Crippen LogP contribution in [0.5, 0.6) is 0 Å². The van der Waals surface area contributed by atoms with Crippen LogP contribution >= 0.6 is 11.8 Å². The van der Waals surface area contributed by atoms with Crippen molar-refractivity contribution in [3.63, 3.8) is 0 Å². The van der Waals surface area contributed by atoms with Gasteiger partial charge < -0.3 is 31.8 Å². The highest BCUT2D eigenvalue weighted by Crippen LogP contribution is 2.19. The number of nitrogens with two attached hydrogens (primary N) is 1. The van der Waals surface area contributed by atoms with E-state index in [1.807, 2.05) is 58.2 Å². The molecule has 7 N–H and O–H groups in total. The monoisotopic (exact) mass is 561 g/mol. The number of carboxylic acid groups (broad SMARTS) is 1. The smallest absolute Gasteiger partial charge is 0.326 e. The van der Waals surface area contributed by atoms with Crippen molar-refractivity contribution in [2.45, 2.75) is 77.5 Å². The molecule has 0 aliphatic carbocycles. The highest BCUT2D eigenvalue weighted by Gasteiger charge is 2.31. The third kappa shape index (κ3) is 10.2. The molecule has 216 valence electrons. The van der Waals surface area contributed by atoms with Crippen molar-refractivity contribution in [2.24, 2.45) is 17.6 Å². The largest absolute Gasteiger partial charge is 0.480 e. The molecule has 2 rings (SSSR count). The first-order valence-corrected chi connectivity index (χ1v) is 14.8. The number of aromatic nitrogens is 1. The number of rotatable bonds is 16. The lowest BCUT2D eigenvalue weighted by Gasteiger charge is -2.26. The third-order valence-corrected chi connectivity index (χ3v) is 7.00. The first kappa shape index (κ1) is 32.2. The molecule has 3 amide bonds. The van der Waals surface area contributed by atoms with E-state index in [0.717, 1.165) is 16.5 Å². The number of hydrogen-bond donors (Lipinski definition) is 6. The molecule has 0 radical (unpaired) electrons. The van der Waals surface area contributed by atoms with Crippen molar-refractivity contribution >= 4 is 46.4 Å². The second-order valence-electron chi connectivity index (χ2n) is 10.7. The summed E-state index contributed by atoms with van der Waals surface area (Å²) in [5.41, 5.74) is 7.72. The molecule has 2 aromatic rings. The summed E-state index contributed by atoms with van der Waals surface area (Å²) in [6.45, 7) is 7.78. The SMILES string of the molecule is CSCCC(NC(=O)C(Cc1c[nH]c2ccccc12)NC(=O)C(CC(C)C)NC(=O)C(N)CC(C)C)C(=O)O. The first-order chi connectivity index (χ1) is 18.4. The number of aromatic amines is 1. The minimum Gasteiger partial charge on any atom is -0.480 e. The molecule has 4 atom stereocenters. The number of thioether (sulfide) groups is 1. The van der Waals surface area contributed by atoms with Gasteiger partial charge in [0.2, 0.25) is 17.7 Å². The van der Waals surface area contributed by atoms with Crippen LogP contribution in [-0.4, -0.2) is 70.0 Å². The van der Waals surface area contributed by atoms with E-state index < -0.39 is 47.9 Å². The molecule has 0 aliphatic heterocycles. The van der Waals surface area contributed by atoms with Crippen molar-refractivity contribution in [1.82, 2.24) is 20.9 Å².